The van der Waals surface area contributed by atoms with Crippen molar-refractivity contribution in [3.05, 3.63) is 84.1 Å². The Balaban J connectivity index is 1.55. The lowest BCUT2D eigenvalue weighted by atomic mass is 10.0. The third-order valence-corrected chi connectivity index (χ3v) is 5.04. The molecule has 148 valence electrons. The molecule has 0 spiro atoms. The van der Waals surface area contributed by atoms with Crippen LogP contribution >= 0.6 is 0 Å². The molecule has 1 fully saturated rings. The molecule has 6 heteroatoms. The van der Waals surface area contributed by atoms with E-state index in [2.05, 4.69) is 32.7 Å². The molecule has 2 aromatic carbocycles. The lowest BCUT2D eigenvalue weighted by Gasteiger charge is -2.35. The molecule has 4 rings (SSSR count). The average molecular weight is 388 g/mol. The minimum absolute atomic E-state index is 0.184. The van der Waals surface area contributed by atoms with E-state index in [0.717, 1.165) is 19.6 Å². The van der Waals surface area contributed by atoms with Crippen LogP contribution in [0.1, 0.15) is 22.0 Å². The molecule has 6 nitrogen and oxygen atoms in total. The van der Waals surface area contributed by atoms with E-state index >= 15 is 0 Å². The molecular weight excluding hydrogens is 364 g/mol. The molecule has 1 saturated heterocycles. The van der Waals surface area contributed by atoms with E-state index in [-0.39, 0.29) is 11.9 Å². The zero-order chi connectivity index (χ0) is 20.1. The highest BCUT2D eigenvalue weighted by Crippen LogP contribution is 2.25. The molecule has 29 heavy (non-hydrogen) atoms. The molecule has 1 aromatic heterocycles. The van der Waals surface area contributed by atoms with Gasteiger partial charge in [0.05, 0.1) is 12.7 Å². The van der Waals surface area contributed by atoms with Crippen LogP contribution < -0.4 is 20.3 Å². The van der Waals surface area contributed by atoms with Crippen LogP contribution in [-0.4, -0.2) is 37.6 Å². The van der Waals surface area contributed by atoms with Gasteiger partial charge in [0.1, 0.15) is 11.6 Å². The molecule has 0 aliphatic carbocycles. The fraction of sp³-hybridized carbons (Fsp3) is 0.217. The maximum atomic E-state index is 13.0. The van der Waals surface area contributed by atoms with Gasteiger partial charge in [-0.3, -0.25) is 4.79 Å². The summed E-state index contributed by atoms with van der Waals surface area (Å²) in [7, 11) is 1.60. The fourth-order valence-electron chi connectivity index (χ4n) is 3.58. The second-order valence-corrected chi connectivity index (χ2v) is 6.92. The number of rotatable bonds is 5. The van der Waals surface area contributed by atoms with E-state index in [4.69, 9.17) is 4.74 Å². The minimum atomic E-state index is -0.184. The Kier molecular flexibility index (Phi) is 5.72. The lowest BCUT2D eigenvalue weighted by Crippen LogP contribution is -2.46. The summed E-state index contributed by atoms with van der Waals surface area (Å²) in [5.41, 5.74) is 2.48. The molecule has 1 unspecified atom stereocenters. The van der Waals surface area contributed by atoms with Crippen molar-refractivity contribution in [2.24, 2.45) is 0 Å². The van der Waals surface area contributed by atoms with Gasteiger partial charge in [0.25, 0.3) is 5.91 Å². The quantitative estimate of drug-likeness (QED) is 0.700. The van der Waals surface area contributed by atoms with Crippen LogP contribution in [0.3, 0.4) is 0 Å². The summed E-state index contributed by atoms with van der Waals surface area (Å²) in [4.78, 5) is 19.7. The molecule has 0 saturated carbocycles. The number of carbonyl (C=O) groups is 1. The molecule has 1 aliphatic heterocycles. The minimum Gasteiger partial charge on any atom is -0.497 e. The van der Waals surface area contributed by atoms with Gasteiger partial charge in [0.2, 0.25) is 0 Å². The van der Waals surface area contributed by atoms with E-state index in [1.165, 1.54) is 5.56 Å². The molecule has 1 aliphatic rings. The van der Waals surface area contributed by atoms with Crippen LogP contribution in [0, 0.1) is 0 Å². The van der Waals surface area contributed by atoms with Crippen molar-refractivity contribution in [1.29, 1.82) is 0 Å². The normalized spacial score (nSPS) is 16.3. The Bertz CT molecular complexity index is 977. The number of nitrogens with zero attached hydrogens (tertiary/aromatic N) is 2. The van der Waals surface area contributed by atoms with Crippen molar-refractivity contribution < 1.29 is 9.53 Å². The summed E-state index contributed by atoms with van der Waals surface area (Å²) >= 11 is 0. The van der Waals surface area contributed by atoms with Crippen LogP contribution in [0.5, 0.6) is 5.75 Å². The summed E-state index contributed by atoms with van der Waals surface area (Å²) < 4.78 is 5.24. The zero-order valence-electron chi connectivity index (χ0n) is 16.3. The first-order chi connectivity index (χ1) is 14.2. The number of hydrogen-bond donors (Lipinski definition) is 2. The van der Waals surface area contributed by atoms with Crippen molar-refractivity contribution in [1.82, 2.24) is 10.3 Å². The largest absolute Gasteiger partial charge is 0.497 e. The van der Waals surface area contributed by atoms with Gasteiger partial charge in [0, 0.05) is 43.6 Å². The van der Waals surface area contributed by atoms with E-state index in [1.54, 1.807) is 25.4 Å². The summed E-state index contributed by atoms with van der Waals surface area (Å²) in [5.74, 6) is 1.22. The third kappa shape index (κ3) is 4.38. The van der Waals surface area contributed by atoms with Crippen molar-refractivity contribution in [3.63, 3.8) is 0 Å². The third-order valence-electron chi connectivity index (χ3n) is 5.04. The zero-order valence-corrected chi connectivity index (χ0v) is 16.3. The van der Waals surface area contributed by atoms with Crippen LogP contribution in [0.2, 0.25) is 0 Å². The van der Waals surface area contributed by atoms with E-state index < -0.39 is 0 Å². The van der Waals surface area contributed by atoms with E-state index in [1.807, 2.05) is 42.5 Å². The smallest absolute Gasteiger partial charge is 0.259 e. The number of aromatic nitrogens is 1. The Morgan fingerprint density at radius 3 is 2.83 bits per heavy atom. The number of piperazine rings is 1. The van der Waals surface area contributed by atoms with E-state index in [9.17, 15) is 4.79 Å². The number of amides is 1. The van der Waals surface area contributed by atoms with Crippen molar-refractivity contribution in [3.8, 4) is 5.75 Å². The predicted octanol–water partition coefficient (Wildman–Crippen LogP) is 3.49. The Morgan fingerprint density at radius 1 is 1.14 bits per heavy atom. The number of anilines is 2. The topological polar surface area (TPSA) is 66.5 Å². The van der Waals surface area contributed by atoms with Gasteiger partial charge < -0.3 is 20.3 Å². The van der Waals surface area contributed by atoms with Crippen LogP contribution in [0.4, 0.5) is 11.5 Å². The molecule has 1 amide bonds. The molecule has 1 atom stereocenters. The van der Waals surface area contributed by atoms with Gasteiger partial charge in [-0.25, -0.2) is 4.98 Å². The van der Waals surface area contributed by atoms with E-state index in [0.29, 0.717) is 22.8 Å². The Morgan fingerprint density at radius 2 is 2.00 bits per heavy atom. The monoisotopic (exact) mass is 388 g/mol. The number of hydrogen-bond acceptors (Lipinski definition) is 5. The highest BCUT2D eigenvalue weighted by atomic mass is 16.5. The summed E-state index contributed by atoms with van der Waals surface area (Å²) in [6.45, 7) is 2.37. The number of methoxy groups -OCH3 is 1. The van der Waals surface area contributed by atoms with Gasteiger partial charge in [-0.05, 0) is 29.8 Å². The summed E-state index contributed by atoms with van der Waals surface area (Å²) in [5, 5.41) is 6.51. The average Bonchev–Trinajstić information content (AvgIpc) is 2.80. The fourth-order valence-corrected chi connectivity index (χ4v) is 3.58. The number of benzene rings is 2. The van der Waals surface area contributed by atoms with Gasteiger partial charge in [-0.15, -0.1) is 0 Å². The number of pyridine rings is 1. The van der Waals surface area contributed by atoms with Gasteiger partial charge in [-0.1, -0.05) is 36.4 Å². The molecule has 2 N–H and O–H groups in total. The van der Waals surface area contributed by atoms with Gasteiger partial charge in [-0.2, -0.15) is 0 Å². The molecule has 2 heterocycles. The number of ether oxygens (including phenoxy) is 1. The highest BCUT2D eigenvalue weighted by Gasteiger charge is 2.25. The highest BCUT2D eigenvalue weighted by molar-refractivity contribution is 6.07. The molecule has 0 radical (unpaired) electrons. The first-order valence-corrected chi connectivity index (χ1v) is 9.68. The van der Waals surface area contributed by atoms with Crippen LogP contribution in [0.15, 0.2) is 72.9 Å². The maximum absolute atomic E-state index is 13.0. The second-order valence-electron chi connectivity index (χ2n) is 6.92. The lowest BCUT2D eigenvalue weighted by molar-refractivity contribution is 0.102. The van der Waals surface area contributed by atoms with Crippen molar-refractivity contribution >= 4 is 17.4 Å². The predicted molar refractivity (Wildman–Crippen MR) is 115 cm³/mol. The summed E-state index contributed by atoms with van der Waals surface area (Å²) in [6, 6.07) is 21.5. The number of nitrogens with one attached hydrogen (secondary N) is 2. The second kappa shape index (κ2) is 8.75. The van der Waals surface area contributed by atoms with Crippen LogP contribution in [-0.2, 0) is 0 Å². The molecule has 0 bridgehead atoms. The Labute approximate surface area is 170 Å². The van der Waals surface area contributed by atoms with Crippen molar-refractivity contribution in [2.45, 2.75) is 6.04 Å². The van der Waals surface area contributed by atoms with Gasteiger partial charge >= 0.3 is 0 Å². The number of carbonyl (C=O) groups excluding carboxylic acids is 1. The SMILES string of the molecule is COc1cccc(NC(=O)c2cccnc2N2CCNC(c3ccccc3)C2)c1. The Hall–Kier alpha value is -3.38. The molecular formula is C23H24N4O2. The van der Waals surface area contributed by atoms with Crippen molar-refractivity contribution in [2.75, 3.05) is 37.0 Å². The summed E-state index contributed by atoms with van der Waals surface area (Å²) in [6.07, 6.45) is 1.73. The van der Waals surface area contributed by atoms with Gasteiger partial charge in [0.15, 0.2) is 0 Å². The standard InChI is InChI=1S/C23H24N4O2/c1-29-19-10-5-9-18(15-19)26-23(28)20-11-6-12-25-22(20)27-14-13-24-21(16-27)17-7-3-2-4-8-17/h2-12,15,21,24H,13-14,16H2,1H3,(H,26,28). The van der Waals surface area contributed by atoms with Crippen LogP contribution in [0.25, 0.3) is 0 Å². The first kappa shape index (κ1) is 19.0. The maximum Gasteiger partial charge on any atom is 0.259 e. The molecule has 3 aromatic rings. The first-order valence-electron chi connectivity index (χ1n) is 9.68.